The van der Waals surface area contributed by atoms with E-state index in [1.165, 1.54) is 10.4 Å². The third-order valence-corrected chi connectivity index (χ3v) is 5.11. The molecular formula is C16H17ClN2OS. The molecule has 1 unspecified atom stereocenters. The molecule has 2 aromatic rings. The van der Waals surface area contributed by atoms with Crippen molar-refractivity contribution in [2.75, 3.05) is 18.5 Å². The summed E-state index contributed by atoms with van der Waals surface area (Å²) in [4.78, 5) is 15.1. The number of carbonyl (C=O) groups excluding carboxylic acids is 1. The van der Waals surface area contributed by atoms with Crippen LogP contribution in [0.15, 0.2) is 36.4 Å². The van der Waals surface area contributed by atoms with Crippen molar-refractivity contribution in [2.24, 2.45) is 0 Å². The first-order chi connectivity index (χ1) is 10.1. The minimum Gasteiger partial charge on any atom is -0.315 e. The van der Waals surface area contributed by atoms with E-state index in [2.05, 4.69) is 17.4 Å². The van der Waals surface area contributed by atoms with Crippen molar-refractivity contribution in [3.63, 3.8) is 0 Å². The van der Waals surface area contributed by atoms with Crippen molar-refractivity contribution in [3.05, 3.63) is 51.2 Å². The predicted molar refractivity (Wildman–Crippen MR) is 88.2 cm³/mol. The van der Waals surface area contributed by atoms with E-state index in [4.69, 9.17) is 11.6 Å². The molecule has 2 heterocycles. The van der Waals surface area contributed by atoms with Gasteiger partial charge in [0.25, 0.3) is 0 Å². The number of nitrogens with one attached hydrogen (secondary N) is 1. The van der Waals surface area contributed by atoms with E-state index in [-0.39, 0.29) is 11.9 Å². The lowest BCUT2D eigenvalue weighted by molar-refractivity contribution is -0.119. The van der Waals surface area contributed by atoms with Crippen LogP contribution in [0.25, 0.3) is 0 Å². The first-order valence-corrected chi connectivity index (χ1v) is 8.17. The van der Waals surface area contributed by atoms with Crippen LogP contribution in [0.4, 0.5) is 5.69 Å². The predicted octanol–water partition coefficient (Wildman–Crippen LogP) is 3.64. The Bertz CT molecular complexity index is 655. The first kappa shape index (κ1) is 14.6. The van der Waals surface area contributed by atoms with Crippen molar-refractivity contribution < 1.29 is 4.79 Å². The van der Waals surface area contributed by atoms with Crippen LogP contribution in [0.3, 0.4) is 0 Å². The second-order valence-electron chi connectivity index (χ2n) is 5.18. The van der Waals surface area contributed by atoms with Gasteiger partial charge in [-0.15, -0.1) is 11.3 Å². The van der Waals surface area contributed by atoms with Gasteiger partial charge in [0.05, 0.1) is 4.34 Å². The number of anilines is 1. The second kappa shape index (κ2) is 6.18. The normalized spacial score (nSPS) is 17.9. The summed E-state index contributed by atoms with van der Waals surface area (Å²) in [6.07, 6.45) is 1.44. The second-order valence-corrected chi connectivity index (χ2v) is 6.98. The summed E-state index contributed by atoms with van der Waals surface area (Å²) in [5.41, 5.74) is 2.20. The molecule has 0 aliphatic carbocycles. The van der Waals surface area contributed by atoms with Crippen molar-refractivity contribution in [3.8, 4) is 0 Å². The quantitative estimate of drug-likeness (QED) is 0.932. The van der Waals surface area contributed by atoms with Crippen molar-refractivity contribution in [1.82, 2.24) is 5.32 Å². The minimum absolute atomic E-state index is 0.0975. The van der Waals surface area contributed by atoms with Crippen LogP contribution in [0.1, 0.15) is 22.9 Å². The number of thiophene rings is 1. The zero-order chi connectivity index (χ0) is 14.8. The van der Waals surface area contributed by atoms with Crippen molar-refractivity contribution in [1.29, 1.82) is 0 Å². The highest BCUT2D eigenvalue weighted by atomic mass is 35.5. The molecule has 5 heteroatoms. The van der Waals surface area contributed by atoms with Gasteiger partial charge in [0.15, 0.2) is 0 Å². The highest BCUT2D eigenvalue weighted by Crippen LogP contribution is 2.33. The largest absolute Gasteiger partial charge is 0.315 e. The molecular weight excluding hydrogens is 304 g/mol. The van der Waals surface area contributed by atoms with Gasteiger partial charge in [-0.05, 0) is 30.2 Å². The van der Waals surface area contributed by atoms with E-state index >= 15 is 0 Å². The summed E-state index contributed by atoms with van der Waals surface area (Å²) in [7, 11) is 1.84. The SMILES string of the molecule is CN1C(=O)CC(NCCc2ccc(Cl)s2)c2ccccc21. The summed E-state index contributed by atoms with van der Waals surface area (Å²) in [5.74, 6) is 0.158. The molecule has 110 valence electrons. The van der Waals surface area contributed by atoms with Gasteiger partial charge in [-0.1, -0.05) is 29.8 Å². The molecule has 1 aliphatic rings. The Morgan fingerprint density at radius 1 is 1.33 bits per heavy atom. The van der Waals surface area contributed by atoms with E-state index in [0.29, 0.717) is 6.42 Å². The molecule has 1 amide bonds. The lowest BCUT2D eigenvalue weighted by Gasteiger charge is -2.32. The fourth-order valence-corrected chi connectivity index (χ4v) is 3.77. The summed E-state index contributed by atoms with van der Waals surface area (Å²) in [5, 5.41) is 3.50. The monoisotopic (exact) mass is 320 g/mol. The maximum atomic E-state index is 12.1. The number of hydrogen-bond acceptors (Lipinski definition) is 3. The highest BCUT2D eigenvalue weighted by molar-refractivity contribution is 7.16. The zero-order valence-corrected chi connectivity index (χ0v) is 13.4. The smallest absolute Gasteiger partial charge is 0.228 e. The van der Waals surface area contributed by atoms with Crippen LogP contribution < -0.4 is 10.2 Å². The van der Waals surface area contributed by atoms with Crippen LogP contribution in [-0.4, -0.2) is 19.5 Å². The summed E-state index contributed by atoms with van der Waals surface area (Å²) >= 11 is 7.55. The van der Waals surface area contributed by atoms with Gasteiger partial charge in [0, 0.05) is 36.6 Å². The first-order valence-electron chi connectivity index (χ1n) is 6.98. The number of rotatable bonds is 4. The Kier molecular flexibility index (Phi) is 4.29. The molecule has 1 aromatic heterocycles. The average Bonchev–Trinajstić information content (AvgIpc) is 2.90. The molecule has 0 saturated carbocycles. The number of fused-ring (bicyclic) bond motifs is 1. The lowest BCUT2D eigenvalue weighted by Crippen LogP contribution is -2.38. The highest BCUT2D eigenvalue weighted by Gasteiger charge is 2.28. The van der Waals surface area contributed by atoms with Crippen LogP contribution in [0, 0.1) is 0 Å². The lowest BCUT2D eigenvalue weighted by atomic mass is 9.96. The molecule has 3 rings (SSSR count). The molecule has 1 aliphatic heterocycles. The Labute approximate surface area is 133 Å². The number of para-hydroxylation sites is 1. The van der Waals surface area contributed by atoms with Gasteiger partial charge in [0.2, 0.25) is 5.91 Å². The Morgan fingerprint density at radius 3 is 2.90 bits per heavy atom. The van der Waals surface area contributed by atoms with Crippen LogP contribution in [0.2, 0.25) is 4.34 Å². The van der Waals surface area contributed by atoms with Crippen LogP contribution in [-0.2, 0) is 11.2 Å². The molecule has 0 saturated heterocycles. The van der Waals surface area contributed by atoms with Gasteiger partial charge >= 0.3 is 0 Å². The molecule has 0 fully saturated rings. The number of hydrogen-bond donors (Lipinski definition) is 1. The molecule has 21 heavy (non-hydrogen) atoms. The van der Waals surface area contributed by atoms with Crippen LogP contribution in [0.5, 0.6) is 0 Å². The number of halogens is 1. The van der Waals surface area contributed by atoms with Gasteiger partial charge < -0.3 is 10.2 Å². The Balaban J connectivity index is 1.68. The van der Waals surface area contributed by atoms with Gasteiger partial charge in [-0.3, -0.25) is 4.79 Å². The van der Waals surface area contributed by atoms with E-state index in [9.17, 15) is 4.79 Å². The summed E-state index contributed by atoms with van der Waals surface area (Å²) < 4.78 is 0.824. The zero-order valence-electron chi connectivity index (χ0n) is 11.8. The van der Waals surface area contributed by atoms with Crippen LogP contribution >= 0.6 is 22.9 Å². The molecule has 1 aromatic carbocycles. The molecule has 0 bridgehead atoms. The fourth-order valence-electron chi connectivity index (χ4n) is 2.68. The third kappa shape index (κ3) is 3.12. The topological polar surface area (TPSA) is 32.3 Å². The van der Waals surface area contributed by atoms with Gasteiger partial charge in [0.1, 0.15) is 0 Å². The summed E-state index contributed by atoms with van der Waals surface area (Å²) in [6.45, 7) is 0.840. The Morgan fingerprint density at radius 2 is 2.14 bits per heavy atom. The van der Waals surface area contributed by atoms with E-state index in [0.717, 1.165) is 23.0 Å². The minimum atomic E-state index is 0.0975. The maximum absolute atomic E-state index is 12.1. The molecule has 0 spiro atoms. The van der Waals surface area contributed by atoms with Crippen molar-refractivity contribution >= 4 is 34.5 Å². The molecule has 1 N–H and O–H groups in total. The van der Waals surface area contributed by atoms with Crippen molar-refractivity contribution in [2.45, 2.75) is 18.9 Å². The molecule has 0 radical (unpaired) electrons. The maximum Gasteiger partial charge on any atom is 0.228 e. The Hall–Kier alpha value is -1.36. The average molecular weight is 321 g/mol. The third-order valence-electron chi connectivity index (χ3n) is 3.82. The van der Waals surface area contributed by atoms with Gasteiger partial charge in [-0.25, -0.2) is 0 Å². The number of carbonyl (C=O) groups is 1. The van der Waals surface area contributed by atoms with E-state index in [1.54, 1.807) is 16.2 Å². The standard InChI is InChI=1S/C16H17ClN2OS/c1-19-14-5-3-2-4-12(14)13(10-16(19)20)18-9-8-11-6-7-15(17)21-11/h2-7,13,18H,8-10H2,1H3. The summed E-state index contributed by atoms with van der Waals surface area (Å²) in [6, 6.07) is 12.2. The van der Waals surface area contributed by atoms with E-state index < -0.39 is 0 Å². The number of amides is 1. The van der Waals surface area contributed by atoms with Gasteiger partial charge in [-0.2, -0.15) is 0 Å². The fraction of sp³-hybridized carbons (Fsp3) is 0.312. The number of nitrogens with zero attached hydrogens (tertiary/aromatic N) is 1. The molecule has 3 nitrogen and oxygen atoms in total. The number of benzene rings is 1. The molecule has 1 atom stereocenters. The van der Waals surface area contributed by atoms with E-state index in [1.807, 2.05) is 31.3 Å².